The lowest BCUT2D eigenvalue weighted by Gasteiger charge is -2.33. The van der Waals surface area contributed by atoms with Gasteiger partial charge in [0, 0.05) is 32.6 Å². The third kappa shape index (κ3) is 3.95. The van der Waals surface area contributed by atoms with Gasteiger partial charge in [-0.25, -0.2) is 0 Å². The van der Waals surface area contributed by atoms with Crippen LogP contribution in [0.1, 0.15) is 56.1 Å². The first kappa shape index (κ1) is 17.4. The molecule has 0 aliphatic carbocycles. The highest BCUT2D eigenvalue weighted by Crippen LogP contribution is 2.25. The molecule has 0 radical (unpaired) electrons. The fourth-order valence-electron chi connectivity index (χ4n) is 3.89. The molecule has 2 aliphatic rings. The van der Waals surface area contributed by atoms with Gasteiger partial charge in [0.15, 0.2) is 5.82 Å². The van der Waals surface area contributed by atoms with Crippen molar-refractivity contribution in [3.63, 3.8) is 0 Å². The Morgan fingerprint density at radius 3 is 2.54 bits per heavy atom. The molecule has 24 heavy (non-hydrogen) atoms. The van der Waals surface area contributed by atoms with Gasteiger partial charge in [-0.2, -0.15) is 0 Å². The summed E-state index contributed by atoms with van der Waals surface area (Å²) in [6.45, 7) is 4.07. The minimum atomic E-state index is -0.0899. The first-order chi connectivity index (χ1) is 11.7. The maximum atomic E-state index is 12.6. The van der Waals surface area contributed by atoms with Crippen LogP contribution in [0.5, 0.6) is 0 Å². The van der Waals surface area contributed by atoms with Crippen LogP contribution in [-0.4, -0.2) is 68.3 Å². The molecular weight excluding hydrogens is 306 g/mol. The maximum Gasteiger partial charge on any atom is 0.236 e. The van der Waals surface area contributed by atoms with Crippen molar-refractivity contribution in [2.24, 2.45) is 7.05 Å². The number of carbonyl (C=O) groups excluding carboxylic acids is 1. The molecule has 0 aromatic carbocycles. The number of carbonyl (C=O) groups is 1. The molecule has 1 N–H and O–H groups in total. The number of amides is 1. The Morgan fingerprint density at radius 1 is 1.12 bits per heavy atom. The quantitative estimate of drug-likeness (QED) is 0.884. The number of aliphatic hydroxyl groups excluding tert-OH is 1. The van der Waals surface area contributed by atoms with Crippen LogP contribution >= 0.6 is 0 Å². The first-order valence-electron chi connectivity index (χ1n) is 9.18. The molecule has 2 saturated heterocycles. The van der Waals surface area contributed by atoms with Crippen molar-refractivity contribution in [1.29, 1.82) is 0 Å². The Morgan fingerprint density at radius 2 is 1.88 bits per heavy atom. The van der Waals surface area contributed by atoms with E-state index in [1.165, 1.54) is 12.8 Å². The summed E-state index contributed by atoms with van der Waals surface area (Å²) >= 11 is 0. The van der Waals surface area contributed by atoms with Crippen LogP contribution in [0.25, 0.3) is 0 Å². The van der Waals surface area contributed by atoms with E-state index in [0.29, 0.717) is 12.4 Å². The maximum absolute atomic E-state index is 12.6. The molecule has 2 fully saturated rings. The molecular formula is C17H29N5O2. The summed E-state index contributed by atoms with van der Waals surface area (Å²) in [5.41, 5.74) is 0. The summed E-state index contributed by atoms with van der Waals surface area (Å²) in [4.78, 5) is 16.9. The zero-order valence-corrected chi connectivity index (χ0v) is 14.7. The molecule has 1 aromatic heterocycles. The third-order valence-electron chi connectivity index (χ3n) is 5.33. The molecule has 0 unspecified atom stereocenters. The summed E-state index contributed by atoms with van der Waals surface area (Å²) in [6, 6.07) is 0. The van der Waals surface area contributed by atoms with Gasteiger partial charge < -0.3 is 14.6 Å². The van der Waals surface area contributed by atoms with Crippen molar-refractivity contribution >= 4 is 5.91 Å². The van der Waals surface area contributed by atoms with E-state index in [1.807, 2.05) is 16.5 Å². The van der Waals surface area contributed by atoms with Gasteiger partial charge in [-0.15, -0.1) is 10.2 Å². The van der Waals surface area contributed by atoms with Crippen LogP contribution in [0.4, 0.5) is 0 Å². The second-order valence-corrected chi connectivity index (χ2v) is 7.06. The van der Waals surface area contributed by atoms with Crippen molar-refractivity contribution in [2.75, 3.05) is 32.7 Å². The van der Waals surface area contributed by atoms with E-state index < -0.39 is 0 Å². The zero-order valence-electron chi connectivity index (χ0n) is 14.7. The van der Waals surface area contributed by atoms with Gasteiger partial charge in [0.25, 0.3) is 0 Å². The number of hydrogen-bond acceptors (Lipinski definition) is 5. The lowest BCUT2D eigenvalue weighted by Crippen LogP contribution is -2.44. The molecule has 3 heterocycles. The molecule has 7 heteroatoms. The van der Waals surface area contributed by atoms with Gasteiger partial charge in [-0.3, -0.25) is 9.69 Å². The average Bonchev–Trinajstić information content (AvgIpc) is 2.79. The molecule has 2 aliphatic heterocycles. The minimum Gasteiger partial charge on any atom is -0.388 e. The summed E-state index contributed by atoms with van der Waals surface area (Å²) < 4.78 is 1.89. The largest absolute Gasteiger partial charge is 0.388 e. The van der Waals surface area contributed by atoms with E-state index in [0.717, 1.165) is 57.7 Å². The summed E-state index contributed by atoms with van der Waals surface area (Å²) in [5.74, 6) is 2.08. The van der Waals surface area contributed by atoms with Gasteiger partial charge in [0.2, 0.25) is 5.91 Å². The monoisotopic (exact) mass is 335 g/mol. The van der Waals surface area contributed by atoms with Crippen molar-refractivity contribution in [1.82, 2.24) is 24.6 Å². The van der Waals surface area contributed by atoms with E-state index >= 15 is 0 Å². The Kier molecular flexibility index (Phi) is 5.84. The molecule has 1 amide bonds. The fourth-order valence-corrected chi connectivity index (χ4v) is 3.89. The van der Waals surface area contributed by atoms with Crippen molar-refractivity contribution in [3.8, 4) is 0 Å². The van der Waals surface area contributed by atoms with E-state index in [2.05, 4.69) is 15.1 Å². The van der Waals surface area contributed by atoms with Gasteiger partial charge >= 0.3 is 0 Å². The molecule has 134 valence electrons. The smallest absolute Gasteiger partial charge is 0.236 e. The van der Waals surface area contributed by atoms with E-state index in [1.54, 1.807) is 0 Å². The zero-order chi connectivity index (χ0) is 16.9. The van der Waals surface area contributed by atoms with E-state index in [-0.39, 0.29) is 18.4 Å². The predicted molar refractivity (Wildman–Crippen MR) is 90.4 cm³/mol. The number of nitrogens with zero attached hydrogens (tertiary/aromatic N) is 5. The SMILES string of the molecule is Cn1c(CO)nnc1[C@@H]1CCCN(CC(=O)N2CCCCCC2)C1. The van der Waals surface area contributed by atoms with Crippen molar-refractivity contribution in [3.05, 3.63) is 11.6 Å². The summed E-state index contributed by atoms with van der Waals surface area (Å²) in [5, 5.41) is 17.6. The van der Waals surface area contributed by atoms with Crippen LogP contribution in [-0.2, 0) is 18.4 Å². The molecule has 0 bridgehead atoms. The molecule has 3 rings (SSSR count). The lowest BCUT2D eigenvalue weighted by molar-refractivity contribution is -0.132. The fraction of sp³-hybridized carbons (Fsp3) is 0.824. The number of hydrogen-bond donors (Lipinski definition) is 1. The molecule has 7 nitrogen and oxygen atoms in total. The Balaban J connectivity index is 1.58. The minimum absolute atomic E-state index is 0.0899. The second-order valence-electron chi connectivity index (χ2n) is 7.06. The van der Waals surface area contributed by atoms with Crippen molar-refractivity contribution in [2.45, 2.75) is 51.0 Å². The molecule has 1 aromatic rings. The highest BCUT2D eigenvalue weighted by atomic mass is 16.3. The molecule has 1 atom stereocenters. The van der Waals surface area contributed by atoms with Gasteiger partial charge in [0.05, 0.1) is 6.54 Å². The third-order valence-corrected chi connectivity index (χ3v) is 5.33. The van der Waals surface area contributed by atoms with Crippen LogP contribution < -0.4 is 0 Å². The van der Waals surface area contributed by atoms with Gasteiger partial charge in [-0.1, -0.05) is 12.8 Å². The van der Waals surface area contributed by atoms with Crippen molar-refractivity contribution < 1.29 is 9.90 Å². The first-order valence-corrected chi connectivity index (χ1v) is 9.18. The van der Waals surface area contributed by atoms with E-state index in [9.17, 15) is 9.90 Å². The summed E-state index contributed by atoms with van der Waals surface area (Å²) in [6.07, 6.45) is 6.89. The number of likely N-dealkylation sites (tertiary alicyclic amines) is 2. The average molecular weight is 335 g/mol. The highest BCUT2D eigenvalue weighted by Gasteiger charge is 2.28. The van der Waals surface area contributed by atoms with E-state index in [4.69, 9.17) is 0 Å². The molecule has 0 saturated carbocycles. The Labute approximate surface area is 143 Å². The van der Waals surface area contributed by atoms with Gasteiger partial charge in [-0.05, 0) is 32.2 Å². The predicted octanol–water partition coefficient (Wildman–Crippen LogP) is 0.889. The molecule has 0 spiro atoms. The van der Waals surface area contributed by atoms with Crippen LogP contribution in [0.15, 0.2) is 0 Å². The van der Waals surface area contributed by atoms with Crippen LogP contribution in [0, 0.1) is 0 Å². The number of aromatic nitrogens is 3. The number of aliphatic hydroxyl groups is 1. The lowest BCUT2D eigenvalue weighted by atomic mass is 9.97. The summed E-state index contributed by atoms with van der Waals surface area (Å²) in [7, 11) is 1.90. The van der Waals surface area contributed by atoms with Crippen LogP contribution in [0.2, 0.25) is 0 Å². The second kappa shape index (κ2) is 8.07. The topological polar surface area (TPSA) is 74.5 Å². The Bertz CT molecular complexity index is 551. The Hall–Kier alpha value is -1.47. The normalized spacial score (nSPS) is 23.2. The van der Waals surface area contributed by atoms with Gasteiger partial charge in [0.1, 0.15) is 12.4 Å². The highest BCUT2D eigenvalue weighted by molar-refractivity contribution is 5.78. The van der Waals surface area contributed by atoms with Crippen LogP contribution in [0.3, 0.4) is 0 Å². The number of rotatable bonds is 4. The number of piperidine rings is 1. The standard InChI is InChI=1S/C17H29N5O2/c1-20-15(13-23)18-19-17(20)14-7-6-8-21(11-14)12-16(24)22-9-4-2-3-5-10-22/h14,23H,2-13H2,1H3/t14-/m1/s1.